The molecule has 2 atom stereocenters. The molecule has 1 aromatic carbocycles. The maximum Gasteiger partial charge on any atom is 0.326 e. The summed E-state index contributed by atoms with van der Waals surface area (Å²) in [7, 11) is 0. The highest BCUT2D eigenvalue weighted by Crippen LogP contribution is 2.45. The summed E-state index contributed by atoms with van der Waals surface area (Å²) in [4.78, 5) is 13.6. The van der Waals surface area contributed by atoms with E-state index >= 15 is 0 Å². The molecule has 1 heterocycles. The molecule has 0 saturated heterocycles. The fourth-order valence-electron chi connectivity index (χ4n) is 3.55. The molecule has 0 amide bonds. The number of benzene rings is 1. The summed E-state index contributed by atoms with van der Waals surface area (Å²) in [6.07, 6.45) is 0.972. The Labute approximate surface area is 121 Å². The number of carboxylic acids is 1. The number of carboxylic acid groups (broad SMARTS) is 1. The first-order valence-electron chi connectivity index (χ1n) is 7.28. The van der Waals surface area contributed by atoms with Gasteiger partial charge in [-0.05, 0) is 69.7 Å². The Hall–Kier alpha value is -1.51. The number of hydrogen-bond donors (Lipinski definition) is 1. The average molecular weight is 275 g/mol. The van der Waals surface area contributed by atoms with Crippen LogP contribution in [0.25, 0.3) is 0 Å². The molecule has 0 radical (unpaired) electrons. The number of hydrogen-bond acceptors (Lipinski definition) is 2. The minimum absolute atomic E-state index is 0.147. The second kappa shape index (κ2) is 4.80. The van der Waals surface area contributed by atoms with E-state index in [1.54, 1.807) is 6.92 Å². The number of rotatable bonds is 2. The summed E-state index contributed by atoms with van der Waals surface area (Å²) in [6.45, 7) is 12.5. The number of carbonyl (C=O) groups is 1. The van der Waals surface area contributed by atoms with Gasteiger partial charge in [0.2, 0.25) is 0 Å². The maximum absolute atomic E-state index is 11.5. The van der Waals surface area contributed by atoms with Crippen LogP contribution >= 0.6 is 0 Å². The molecule has 0 fully saturated rings. The van der Waals surface area contributed by atoms with Crippen LogP contribution in [0.1, 0.15) is 56.7 Å². The summed E-state index contributed by atoms with van der Waals surface area (Å²) in [6, 6.07) is 3.87. The number of anilines is 1. The van der Waals surface area contributed by atoms with Crippen molar-refractivity contribution >= 4 is 11.7 Å². The van der Waals surface area contributed by atoms with Gasteiger partial charge < -0.3 is 10.0 Å². The number of aliphatic carboxylic acids is 1. The quantitative estimate of drug-likeness (QED) is 0.890. The second-order valence-corrected chi connectivity index (χ2v) is 6.80. The zero-order valence-electron chi connectivity index (χ0n) is 13.3. The van der Waals surface area contributed by atoms with Crippen molar-refractivity contribution in [2.75, 3.05) is 4.90 Å². The third-order valence-electron chi connectivity index (χ3n) is 4.64. The van der Waals surface area contributed by atoms with Crippen LogP contribution in [0.5, 0.6) is 0 Å². The Kier molecular flexibility index (Phi) is 3.57. The normalized spacial score (nSPS) is 22.3. The molecule has 1 aliphatic heterocycles. The van der Waals surface area contributed by atoms with E-state index in [2.05, 4.69) is 51.7 Å². The molecule has 0 spiro atoms. The van der Waals surface area contributed by atoms with Gasteiger partial charge in [0.1, 0.15) is 6.04 Å². The van der Waals surface area contributed by atoms with Crippen LogP contribution in [0.4, 0.5) is 5.69 Å². The fourth-order valence-corrected chi connectivity index (χ4v) is 3.55. The second-order valence-electron chi connectivity index (χ2n) is 6.80. The topological polar surface area (TPSA) is 40.5 Å². The van der Waals surface area contributed by atoms with Gasteiger partial charge in [0.05, 0.1) is 0 Å². The minimum atomic E-state index is -0.767. The first-order chi connectivity index (χ1) is 9.15. The molecule has 1 N–H and O–H groups in total. The van der Waals surface area contributed by atoms with E-state index in [1.165, 1.54) is 16.7 Å². The molecule has 0 unspecified atom stereocenters. The van der Waals surface area contributed by atoms with Crippen LogP contribution in [0.15, 0.2) is 12.1 Å². The Morgan fingerprint density at radius 1 is 1.35 bits per heavy atom. The van der Waals surface area contributed by atoms with Crippen molar-refractivity contribution in [2.45, 2.75) is 65.5 Å². The van der Waals surface area contributed by atoms with Crippen molar-refractivity contribution in [1.29, 1.82) is 0 Å². The number of aryl methyl sites for hydroxylation is 2. The summed E-state index contributed by atoms with van der Waals surface area (Å²) in [5.74, 6) is -0.312. The van der Waals surface area contributed by atoms with Crippen LogP contribution in [0, 0.1) is 13.8 Å². The molecule has 0 aromatic heterocycles. The summed E-state index contributed by atoms with van der Waals surface area (Å²) in [5, 5.41) is 9.44. The predicted octanol–water partition coefficient (Wildman–Crippen LogP) is 3.87. The van der Waals surface area contributed by atoms with Crippen molar-refractivity contribution in [3.05, 3.63) is 28.8 Å². The molecule has 1 aromatic rings. The maximum atomic E-state index is 11.5. The summed E-state index contributed by atoms with van der Waals surface area (Å²) < 4.78 is 0. The third kappa shape index (κ3) is 2.30. The van der Waals surface area contributed by atoms with Gasteiger partial charge in [-0.15, -0.1) is 0 Å². The lowest BCUT2D eigenvalue weighted by molar-refractivity contribution is -0.138. The van der Waals surface area contributed by atoms with Crippen molar-refractivity contribution in [1.82, 2.24) is 0 Å². The molecule has 1 aliphatic rings. The highest BCUT2D eigenvalue weighted by atomic mass is 16.4. The zero-order chi connectivity index (χ0) is 15.2. The average Bonchev–Trinajstić information content (AvgIpc) is 2.30. The van der Waals surface area contributed by atoms with Gasteiger partial charge in [-0.25, -0.2) is 4.79 Å². The molecule has 3 nitrogen and oxygen atoms in total. The molecule has 0 aliphatic carbocycles. The Morgan fingerprint density at radius 2 is 1.90 bits per heavy atom. The van der Waals surface area contributed by atoms with E-state index in [1.807, 2.05) is 0 Å². The van der Waals surface area contributed by atoms with Gasteiger partial charge in [-0.2, -0.15) is 0 Å². The largest absolute Gasteiger partial charge is 0.480 e. The van der Waals surface area contributed by atoms with Gasteiger partial charge >= 0.3 is 5.97 Å². The van der Waals surface area contributed by atoms with Crippen molar-refractivity contribution < 1.29 is 9.90 Å². The molecule has 2 rings (SSSR count). The van der Waals surface area contributed by atoms with Crippen LogP contribution < -0.4 is 4.90 Å². The summed E-state index contributed by atoms with van der Waals surface area (Å²) >= 11 is 0. The molecule has 0 saturated carbocycles. The van der Waals surface area contributed by atoms with Crippen LogP contribution in [0.2, 0.25) is 0 Å². The predicted molar refractivity (Wildman–Crippen MR) is 82.6 cm³/mol. The zero-order valence-corrected chi connectivity index (χ0v) is 13.3. The third-order valence-corrected chi connectivity index (χ3v) is 4.64. The first-order valence-corrected chi connectivity index (χ1v) is 7.28. The van der Waals surface area contributed by atoms with Crippen LogP contribution in [-0.4, -0.2) is 22.7 Å². The number of fused-ring (bicyclic) bond motifs is 1. The first kappa shape index (κ1) is 14.9. The lowest BCUT2D eigenvalue weighted by Gasteiger charge is -2.49. The van der Waals surface area contributed by atoms with Crippen molar-refractivity contribution in [3.63, 3.8) is 0 Å². The van der Waals surface area contributed by atoms with E-state index in [-0.39, 0.29) is 5.54 Å². The molecule has 0 bridgehead atoms. The lowest BCUT2D eigenvalue weighted by atomic mass is 9.78. The molecular weight excluding hydrogens is 250 g/mol. The van der Waals surface area contributed by atoms with Crippen LogP contribution in [0.3, 0.4) is 0 Å². The lowest BCUT2D eigenvalue weighted by Crippen LogP contribution is -2.55. The highest BCUT2D eigenvalue weighted by molar-refractivity contribution is 5.80. The van der Waals surface area contributed by atoms with Crippen molar-refractivity contribution in [3.8, 4) is 0 Å². The SMILES string of the molecule is Cc1cc2c(cc1C)N([C@H](C)C(=O)O)C(C)(C)C[C@H]2C. The van der Waals surface area contributed by atoms with Gasteiger partial charge in [0, 0.05) is 11.2 Å². The molecular formula is C17H25NO2. The van der Waals surface area contributed by atoms with E-state index in [0.29, 0.717) is 5.92 Å². The van der Waals surface area contributed by atoms with Crippen molar-refractivity contribution in [2.24, 2.45) is 0 Å². The standard InChI is InChI=1S/C17H25NO2/c1-10-7-14-12(3)9-17(5,6)18(13(4)16(19)20)15(14)8-11(10)2/h7-8,12-13H,9H2,1-6H3,(H,19,20)/t12-,13-/m1/s1. The van der Waals surface area contributed by atoms with E-state index in [9.17, 15) is 9.90 Å². The molecule has 20 heavy (non-hydrogen) atoms. The molecule has 3 heteroatoms. The summed E-state index contributed by atoms with van der Waals surface area (Å²) in [5.41, 5.74) is 4.72. The Bertz CT molecular complexity index is 548. The van der Waals surface area contributed by atoms with E-state index in [0.717, 1.165) is 12.1 Å². The van der Waals surface area contributed by atoms with Gasteiger partial charge in [-0.1, -0.05) is 13.0 Å². The van der Waals surface area contributed by atoms with Gasteiger partial charge in [-0.3, -0.25) is 0 Å². The Morgan fingerprint density at radius 3 is 2.45 bits per heavy atom. The highest BCUT2D eigenvalue weighted by Gasteiger charge is 2.40. The fraction of sp³-hybridized carbons (Fsp3) is 0.588. The smallest absolute Gasteiger partial charge is 0.326 e. The van der Waals surface area contributed by atoms with Gasteiger partial charge in [0.15, 0.2) is 0 Å². The minimum Gasteiger partial charge on any atom is -0.480 e. The Balaban J connectivity index is 2.64. The molecule has 110 valence electrons. The monoisotopic (exact) mass is 275 g/mol. The van der Waals surface area contributed by atoms with Crippen LogP contribution in [-0.2, 0) is 4.79 Å². The van der Waals surface area contributed by atoms with Gasteiger partial charge in [0.25, 0.3) is 0 Å². The van der Waals surface area contributed by atoms with E-state index in [4.69, 9.17) is 0 Å². The number of nitrogens with zero attached hydrogens (tertiary/aromatic N) is 1. The van der Waals surface area contributed by atoms with E-state index < -0.39 is 12.0 Å².